The van der Waals surface area contributed by atoms with Crippen LogP contribution >= 0.6 is 20.8 Å². The van der Waals surface area contributed by atoms with Gasteiger partial charge in [-0.3, -0.25) is 0 Å². The first-order valence-electron chi connectivity index (χ1n) is 12.2. The van der Waals surface area contributed by atoms with Crippen molar-refractivity contribution in [2.45, 2.75) is 26.3 Å². The van der Waals surface area contributed by atoms with E-state index in [2.05, 4.69) is 60.9 Å². The number of benzene rings is 3. The Labute approximate surface area is 218 Å². The standard InChI is InChI=1S/C21H23N6P.C7H7Cl/c22-20-18-19(16-2-1-15-10-17(28)4-3-14(15)9-16)26-27(21(18)25-12-24-20)11-13-5-7-23-8-6-13;1-6-2-4-7(8)5-3-6/h1-4,9-10,12-13,23H,5-8,11,28H2,(H2,22,24,25);2-5H,1H3. The number of anilines is 1. The van der Waals surface area contributed by atoms with Gasteiger partial charge in [0.2, 0.25) is 0 Å². The number of nitrogen functional groups attached to an aromatic ring is 1. The predicted molar refractivity (Wildman–Crippen MR) is 154 cm³/mol. The fourth-order valence-electron chi connectivity index (χ4n) is 4.61. The molecule has 36 heavy (non-hydrogen) atoms. The number of aromatic nitrogens is 4. The summed E-state index contributed by atoms with van der Waals surface area (Å²) in [6.45, 7) is 5.03. The van der Waals surface area contributed by atoms with E-state index in [-0.39, 0.29) is 0 Å². The highest BCUT2D eigenvalue weighted by molar-refractivity contribution is 7.27. The van der Waals surface area contributed by atoms with Crippen LogP contribution in [0.4, 0.5) is 5.82 Å². The molecule has 1 saturated heterocycles. The monoisotopic (exact) mass is 516 g/mol. The zero-order chi connectivity index (χ0) is 25.1. The summed E-state index contributed by atoms with van der Waals surface area (Å²) in [5, 5.41) is 13.6. The molecule has 0 aliphatic carbocycles. The lowest BCUT2D eigenvalue weighted by atomic mass is 9.98. The summed E-state index contributed by atoms with van der Waals surface area (Å²) in [6.07, 6.45) is 3.85. The Bertz CT molecular complexity index is 1470. The molecule has 0 bridgehead atoms. The number of hydrogen-bond donors (Lipinski definition) is 2. The normalized spacial score (nSPS) is 14.1. The van der Waals surface area contributed by atoms with Crippen LogP contribution in [0.5, 0.6) is 0 Å². The molecule has 1 atom stereocenters. The molecule has 0 radical (unpaired) electrons. The Hall–Kier alpha value is -3.05. The van der Waals surface area contributed by atoms with Gasteiger partial charge >= 0.3 is 0 Å². The summed E-state index contributed by atoms with van der Waals surface area (Å²) in [7, 11) is 2.74. The van der Waals surface area contributed by atoms with Crippen molar-refractivity contribution < 1.29 is 0 Å². The van der Waals surface area contributed by atoms with E-state index < -0.39 is 0 Å². The van der Waals surface area contributed by atoms with Crippen LogP contribution in [0.15, 0.2) is 67.0 Å². The molecule has 3 heterocycles. The number of nitrogens with two attached hydrogens (primary N) is 1. The van der Waals surface area contributed by atoms with E-state index in [1.807, 2.05) is 35.9 Å². The summed E-state index contributed by atoms with van der Waals surface area (Å²) in [5.74, 6) is 1.09. The van der Waals surface area contributed by atoms with Crippen LogP contribution < -0.4 is 16.4 Å². The lowest BCUT2D eigenvalue weighted by Crippen LogP contribution is -2.30. The number of rotatable bonds is 3. The van der Waals surface area contributed by atoms with E-state index in [4.69, 9.17) is 22.4 Å². The van der Waals surface area contributed by atoms with Gasteiger partial charge in [0, 0.05) is 17.1 Å². The number of piperidine rings is 1. The number of halogens is 1. The molecular formula is C28H30ClN6P. The predicted octanol–water partition coefficient (Wildman–Crippen LogP) is 5.38. The fourth-order valence-corrected chi connectivity index (χ4v) is 5.02. The highest BCUT2D eigenvalue weighted by Crippen LogP contribution is 2.32. The van der Waals surface area contributed by atoms with Crippen molar-refractivity contribution in [1.82, 2.24) is 25.1 Å². The second-order valence-corrected chi connectivity index (χ2v) is 10.4. The van der Waals surface area contributed by atoms with Gasteiger partial charge in [0.25, 0.3) is 0 Å². The molecule has 6 rings (SSSR count). The van der Waals surface area contributed by atoms with Gasteiger partial charge in [0.1, 0.15) is 17.8 Å². The van der Waals surface area contributed by atoms with Gasteiger partial charge < -0.3 is 11.1 Å². The number of hydrogen-bond acceptors (Lipinski definition) is 5. The van der Waals surface area contributed by atoms with Crippen molar-refractivity contribution in [3.8, 4) is 11.3 Å². The zero-order valence-corrected chi connectivity index (χ0v) is 22.2. The van der Waals surface area contributed by atoms with Crippen molar-refractivity contribution >= 4 is 53.8 Å². The zero-order valence-electron chi connectivity index (χ0n) is 20.3. The van der Waals surface area contributed by atoms with Gasteiger partial charge in [-0.2, -0.15) is 5.10 Å². The maximum atomic E-state index is 6.26. The van der Waals surface area contributed by atoms with Crippen LogP contribution in [0.2, 0.25) is 5.02 Å². The number of aryl methyl sites for hydroxylation is 1. The van der Waals surface area contributed by atoms with Crippen LogP contribution in [-0.4, -0.2) is 32.8 Å². The van der Waals surface area contributed by atoms with Crippen molar-refractivity contribution in [2.75, 3.05) is 18.8 Å². The Kier molecular flexibility index (Phi) is 7.47. The van der Waals surface area contributed by atoms with Crippen LogP contribution in [0, 0.1) is 12.8 Å². The maximum absolute atomic E-state index is 6.26. The third-order valence-corrected chi connectivity index (χ3v) is 7.21. The average Bonchev–Trinajstić information content (AvgIpc) is 3.26. The largest absolute Gasteiger partial charge is 0.383 e. The van der Waals surface area contributed by atoms with Gasteiger partial charge in [-0.15, -0.1) is 9.24 Å². The van der Waals surface area contributed by atoms with E-state index in [1.54, 1.807) is 0 Å². The quantitative estimate of drug-likeness (QED) is 0.315. The topological polar surface area (TPSA) is 81.7 Å². The van der Waals surface area contributed by atoms with E-state index in [0.29, 0.717) is 11.7 Å². The molecular weight excluding hydrogens is 487 g/mol. The molecule has 6 nitrogen and oxygen atoms in total. The minimum atomic E-state index is 0.483. The van der Waals surface area contributed by atoms with Crippen molar-refractivity contribution in [1.29, 1.82) is 0 Å². The van der Waals surface area contributed by atoms with E-state index in [9.17, 15) is 0 Å². The number of nitrogens with zero attached hydrogens (tertiary/aromatic N) is 4. The minimum Gasteiger partial charge on any atom is -0.383 e. The molecule has 3 aromatic carbocycles. The Morgan fingerprint density at radius 1 is 1.00 bits per heavy atom. The van der Waals surface area contributed by atoms with Gasteiger partial charge in [-0.25, -0.2) is 14.6 Å². The number of fused-ring (bicyclic) bond motifs is 2. The second-order valence-electron chi connectivity index (χ2n) is 9.30. The van der Waals surface area contributed by atoms with Gasteiger partial charge in [-0.1, -0.05) is 53.6 Å². The van der Waals surface area contributed by atoms with Crippen molar-refractivity contribution in [3.05, 3.63) is 77.6 Å². The van der Waals surface area contributed by atoms with E-state index in [0.717, 1.165) is 59.8 Å². The summed E-state index contributed by atoms with van der Waals surface area (Å²) in [4.78, 5) is 8.75. The fraction of sp³-hybridized carbons (Fsp3) is 0.250. The van der Waals surface area contributed by atoms with Gasteiger partial charge in [0.15, 0.2) is 5.65 Å². The number of nitrogens with one attached hydrogen (secondary N) is 1. The molecule has 8 heteroatoms. The minimum absolute atomic E-state index is 0.483. The molecule has 1 aliphatic heterocycles. The first kappa shape index (κ1) is 24.6. The SMILES string of the molecule is Cc1ccc(Cl)cc1.Nc1ncnc2c1c(-c1ccc3cc(P)ccc3c1)nn2CC1CCNCC1. The molecule has 0 spiro atoms. The third-order valence-electron chi connectivity index (χ3n) is 6.60. The van der Waals surface area contributed by atoms with Crippen LogP contribution in [-0.2, 0) is 6.54 Å². The van der Waals surface area contributed by atoms with Crippen LogP contribution in [0.3, 0.4) is 0 Å². The molecule has 0 amide bonds. The molecule has 1 aliphatic rings. The van der Waals surface area contributed by atoms with Crippen molar-refractivity contribution in [2.24, 2.45) is 5.92 Å². The third kappa shape index (κ3) is 5.52. The molecule has 1 fully saturated rings. The highest BCUT2D eigenvalue weighted by atomic mass is 35.5. The summed E-state index contributed by atoms with van der Waals surface area (Å²) in [6, 6.07) is 20.6. The summed E-state index contributed by atoms with van der Waals surface area (Å²) >= 11 is 5.61. The Balaban J connectivity index is 0.000000286. The lowest BCUT2D eigenvalue weighted by molar-refractivity contribution is 0.325. The summed E-state index contributed by atoms with van der Waals surface area (Å²) < 4.78 is 2.02. The molecule has 2 aromatic heterocycles. The highest BCUT2D eigenvalue weighted by Gasteiger charge is 2.20. The molecule has 184 valence electrons. The van der Waals surface area contributed by atoms with Gasteiger partial charge in [-0.05, 0) is 79.1 Å². The first-order valence-corrected chi connectivity index (χ1v) is 13.1. The Morgan fingerprint density at radius 3 is 2.47 bits per heavy atom. The molecule has 5 aromatic rings. The van der Waals surface area contributed by atoms with E-state index >= 15 is 0 Å². The molecule has 3 N–H and O–H groups in total. The molecule has 1 unspecified atom stereocenters. The van der Waals surface area contributed by atoms with Crippen LogP contribution in [0.25, 0.3) is 33.1 Å². The van der Waals surface area contributed by atoms with Crippen LogP contribution in [0.1, 0.15) is 18.4 Å². The van der Waals surface area contributed by atoms with Crippen molar-refractivity contribution in [3.63, 3.8) is 0 Å². The smallest absolute Gasteiger partial charge is 0.163 e. The lowest BCUT2D eigenvalue weighted by Gasteiger charge is -2.22. The molecule has 0 saturated carbocycles. The second kappa shape index (κ2) is 10.9. The first-order chi connectivity index (χ1) is 17.5. The average molecular weight is 517 g/mol. The van der Waals surface area contributed by atoms with E-state index in [1.165, 1.54) is 28.0 Å². The van der Waals surface area contributed by atoms with Gasteiger partial charge in [0.05, 0.1) is 5.39 Å². The maximum Gasteiger partial charge on any atom is 0.163 e. The summed E-state index contributed by atoms with van der Waals surface area (Å²) in [5.41, 5.74) is 10.2. The Morgan fingerprint density at radius 2 is 1.72 bits per heavy atom.